The van der Waals surface area contributed by atoms with Gasteiger partial charge in [0.15, 0.2) is 9.84 Å². The molecule has 2 amide bonds. The van der Waals surface area contributed by atoms with Gasteiger partial charge in [0.05, 0.1) is 0 Å². The Morgan fingerprint density at radius 2 is 1.41 bits per heavy atom. The van der Waals surface area contributed by atoms with Crippen molar-refractivity contribution in [3.63, 3.8) is 0 Å². The van der Waals surface area contributed by atoms with Crippen LogP contribution in [0.3, 0.4) is 0 Å². The number of nitrogens with one attached hydrogen (secondary N) is 2. The fourth-order valence-corrected chi connectivity index (χ4v) is 3.81. The largest absolute Gasteiger partial charge is 0.507 e. The lowest BCUT2D eigenvalue weighted by Crippen LogP contribution is -2.30. The smallest absolute Gasteiger partial charge is 0.239 e. The lowest BCUT2D eigenvalue weighted by Gasteiger charge is -2.10. The van der Waals surface area contributed by atoms with Crippen LogP contribution in [0.2, 0.25) is 0 Å². The molecule has 3 aromatic carbocycles. The van der Waals surface area contributed by atoms with Gasteiger partial charge in [-0.1, -0.05) is 24.3 Å². The molecule has 0 aliphatic rings. The van der Waals surface area contributed by atoms with Crippen molar-refractivity contribution in [3.8, 4) is 5.75 Å². The van der Waals surface area contributed by atoms with Gasteiger partial charge in [0.2, 0.25) is 11.8 Å². The lowest BCUT2D eigenvalue weighted by atomic mass is 10.1. The third kappa shape index (κ3) is 5.29. The van der Waals surface area contributed by atoms with E-state index in [2.05, 4.69) is 10.6 Å². The van der Waals surface area contributed by atoms with E-state index in [1.54, 1.807) is 30.3 Å². The first-order chi connectivity index (χ1) is 13.7. The highest BCUT2D eigenvalue weighted by atomic mass is 32.2. The molecule has 9 heteroatoms. The summed E-state index contributed by atoms with van der Waals surface area (Å²) in [5, 5.41) is 15.8. The minimum atomic E-state index is -4.04. The second kappa shape index (κ2) is 8.27. The zero-order chi connectivity index (χ0) is 21.0. The lowest BCUT2D eigenvalue weighted by molar-refractivity contribution is -0.114. The van der Waals surface area contributed by atoms with Gasteiger partial charge in [0, 0.05) is 22.1 Å². The zero-order valence-electron chi connectivity index (χ0n) is 15.1. The van der Waals surface area contributed by atoms with Crippen molar-refractivity contribution in [2.75, 3.05) is 22.1 Å². The van der Waals surface area contributed by atoms with Crippen molar-refractivity contribution in [1.29, 1.82) is 0 Å². The normalized spacial score (nSPS) is 11.2. The van der Waals surface area contributed by atoms with Gasteiger partial charge < -0.3 is 15.7 Å². The Morgan fingerprint density at radius 1 is 0.828 bits per heavy atom. The molecule has 0 aliphatic heterocycles. The fourth-order valence-electron chi connectivity index (χ4n) is 2.77. The maximum Gasteiger partial charge on any atom is 0.239 e. The summed E-state index contributed by atoms with van der Waals surface area (Å²) in [6.45, 7) is 0. The van der Waals surface area contributed by atoms with E-state index >= 15 is 0 Å². The molecule has 0 aliphatic carbocycles. The predicted octanol–water partition coefficient (Wildman–Crippen LogP) is 2.68. The first-order valence-electron chi connectivity index (χ1n) is 8.50. The quantitative estimate of drug-likeness (QED) is 0.572. The number of phenols is 1. The maximum atomic E-state index is 12.9. The van der Waals surface area contributed by atoms with E-state index in [0.29, 0.717) is 16.5 Å². The SMILES string of the molecule is O=C(CS(=O)(=O)CC(=O)Nc1cccc2c(O)cccc12)Nc1ccc(F)cc1. The molecule has 0 bridgehead atoms. The van der Waals surface area contributed by atoms with Gasteiger partial charge in [-0.05, 0) is 36.4 Å². The summed E-state index contributed by atoms with van der Waals surface area (Å²) in [4.78, 5) is 24.1. The van der Waals surface area contributed by atoms with E-state index in [9.17, 15) is 27.5 Å². The molecule has 3 aromatic rings. The highest BCUT2D eigenvalue weighted by molar-refractivity contribution is 7.92. The molecule has 3 N–H and O–H groups in total. The molecule has 0 radical (unpaired) electrons. The Balaban J connectivity index is 1.64. The third-order valence-electron chi connectivity index (χ3n) is 4.00. The fraction of sp³-hybridized carbons (Fsp3) is 0.100. The summed E-state index contributed by atoms with van der Waals surface area (Å²) in [5.41, 5.74) is 0.584. The van der Waals surface area contributed by atoms with Crippen molar-refractivity contribution >= 4 is 43.8 Å². The maximum absolute atomic E-state index is 12.9. The number of hydrogen-bond donors (Lipinski definition) is 3. The highest BCUT2D eigenvalue weighted by Crippen LogP contribution is 2.29. The number of benzene rings is 3. The van der Waals surface area contributed by atoms with Crippen LogP contribution in [-0.4, -0.2) is 36.8 Å². The molecule has 0 saturated heterocycles. The number of carbonyl (C=O) groups is 2. The molecule has 150 valence electrons. The molecule has 0 fully saturated rings. The number of halogens is 1. The summed E-state index contributed by atoms with van der Waals surface area (Å²) < 4.78 is 37.2. The number of sulfone groups is 1. The molecule has 0 saturated carbocycles. The molecular formula is C20H17FN2O5S. The van der Waals surface area contributed by atoms with Gasteiger partial charge in [0.1, 0.15) is 23.1 Å². The average molecular weight is 416 g/mol. The number of aromatic hydroxyl groups is 1. The monoisotopic (exact) mass is 416 g/mol. The van der Waals surface area contributed by atoms with Crippen LogP contribution in [0.1, 0.15) is 0 Å². The topological polar surface area (TPSA) is 113 Å². The zero-order valence-corrected chi connectivity index (χ0v) is 15.9. The number of hydrogen-bond acceptors (Lipinski definition) is 5. The molecule has 0 heterocycles. The Hall–Kier alpha value is -3.46. The average Bonchev–Trinajstić information content (AvgIpc) is 2.63. The van der Waals surface area contributed by atoms with Gasteiger partial charge in [-0.3, -0.25) is 9.59 Å². The molecule has 29 heavy (non-hydrogen) atoms. The van der Waals surface area contributed by atoms with E-state index in [1.165, 1.54) is 18.2 Å². The predicted molar refractivity (Wildman–Crippen MR) is 108 cm³/mol. The third-order valence-corrected chi connectivity index (χ3v) is 5.41. The standard InChI is InChI=1S/C20H17FN2O5S/c21-13-7-9-14(10-8-13)22-19(25)11-29(27,28)12-20(26)23-17-5-1-4-16-15(17)3-2-6-18(16)24/h1-10,24H,11-12H2,(H,22,25)(H,23,26). The second-order valence-corrected chi connectivity index (χ2v) is 8.38. The molecule has 0 atom stereocenters. The van der Waals surface area contributed by atoms with E-state index in [-0.39, 0.29) is 11.4 Å². The molecule has 0 aromatic heterocycles. The van der Waals surface area contributed by atoms with Crippen molar-refractivity contribution in [2.45, 2.75) is 0 Å². The molecule has 3 rings (SSSR count). The van der Waals surface area contributed by atoms with Crippen LogP contribution in [-0.2, 0) is 19.4 Å². The minimum absolute atomic E-state index is 0.0312. The number of phenolic OH excluding ortho intramolecular Hbond substituents is 1. The molecule has 7 nitrogen and oxygen atoms in total. The Labute approximate surface area is 166 Å². The van der Waals surface area contributed by atoms with Gasteiger partial charge in [-0.15, -0.1) is 0 Å². The van der Waals surface area contributed by atoms with Crippen LogP contribution in [0.5, 0.6) is 5.75 Å². The minimum Gasteiger partial charge on any atom is -0.507 e. The van der Waals surface area contributed by atoms with E-state index < -0.39 is 39.0 Å². The van der Waals surface area contributed by atoms with Crippen LogP contribution >= 0.6 is 0 Å². The Bertz CT molecular complexity index is 1180. The van der Waals surface area contributed by atoms with Gasteiger partial charge in [-0.25, -0.2) is 12.8 Å². The van der Waals surface area contributed by atoms with Crippen LogP contribution in [0.4, 0.5) is 15.8 Å². The summed E-state index contributed by atoms with van der Waals surface area (Å²) in [6.07, 6.45) is 0. The summed E-state index contributed by atoms with van der Waals surface area (Å²) in [5.74, 6) is -3.89. The van der Waals surface area contributed by atoms with Gasteiger partial charge in [-0.2, -0.15) is 0 Å². The van der Waals surface area contributed by atoms with Crippen molar-refractivity contribution in [1.82, 2.24) is 0 Å². The number of amides is 2. The highest BCUT2D eigenvalue weighted by Gasteiger charge is 2.21. The molecule has 0 spiro atoms. The summed E-state index contributed by atoms with van der Waals surface area (Å²) in [7, 11) is -4.04. The van der Waals surface area contributed by atoms with E-state index in [0.717, 1.165) is 12.1 Å². The van der Waals surface area contributed by atoms with Crippen LogP contribution in [0.25, 0.3) is 10.8 Å². The number of fused-ring (bicyclic) bond motifs is 1. The Morgan fingerprint density at radius 3 is 2.10 bits per heavy atom. The van der Waals surface area contributed by atoms with Crippen molar-refractivity contribution < 1.29 is 27.5 Å². The Kier molecular flexibility index (Phi) is 5.79. The van der Waals surface area contributed by atoms with Crippen LogP contribution in [0, 0.1) is 5.82 Å². The number of carbonyl (C=O) groups excluding carboxylic acids is 2. The molecule has 0 unspecified atom stereocenters. The molecular weight excluding hydrogens is 399 g/mol. The summed E-state index contributed by atoms with van der Waals surface area (Å²) in [6, 6.07) is 14.5. The second-order valence-electron chi connectivity index (χ2n) is 6.31. The van der Waals surface area contributed by atoms with Gasteiger partial charge >= 0.3 is 0 Å². The van der Waals surface area contributed by atoms with E-state index in [4.69, 9.17) is 0 Å². The van der Waals surface area contributed by atoms with Crippen molar-refractivity contribution in [3.05, 3.63) is 66.5 Å². The summed E-state index contributed by atoms with van der Waals surface area (Å²) >= 11 is 0. The van der Waals surface area contributed by atoms with Crippen LogP contribution < -0.4 is 10.6 Å². The first-order valence-corrected chi connectivity index (χ1v) is 10.3. The van der Waals surface area contributed by atoms with Crippen LogP contribution in [0.15, 0.2) is 60.7 Å². The first kappa shape index (κ1) is 20.3. The number of anilines is 2. The van der Waals surface area contributed by atoms with Gasteiger partial charge in [0.25, 0.3) is 0 Å². The number of rotatable bonds is 6. The van der Waals surface area contributed by atoms with Crippen molar-refractivity contribution in [2.24, 2.45) is 0 Å². The van der Waals surface area contributed by atoms with E-state index in [1.807, 2.05) is 0 Å².